The number of allylic oxidation sites excluding steroid dienone is 1. The Morgan fingerprint density at radius 3 is 2.29 bits per heavy atom. The molecular weight excluding hydrogens is 206 g/mol. The number of hydrogen-bond acceptors (Lipinski definition) is 3. The number of rotatable bonds is 5. The molecule has 0 fully saturated rings. The van der Waals surface area contributed by atoms with Crippen molar-refractivity contribution in [2.45, 2.75) is 26.7 Å². The Kier molecular flexibility index (Phi) is 11.7. The first-order chi connectivity index (χ1) is 6.13. The van der Waals surface area contributed by atoms with Crippen LogP contribution in [0.2, 0.25) is 0 Å². The summed E-state index contributed by atoms with van der Waals surface area (Å²) in [5.41, 5.74) is 0.635. The maximum absolute atomic E-state index is 11.4. The van der Waals surface area contributed by atoms with Gasteiger partial charge in [-0.1, -0.05) is 19.9 Å². The summed E-state index contributed by atoms with van der Waals surface area (Å²) in [4.78, 5) is 13.2. The van der Waals surface area contributed by atoms with Crippen molar-refractivity contribution in [2.24, 2.45) is 0 Å². The van der Waals surface area contributed by atoms with Gasteiger partial charge in [-0.05, 0) is 12.8 Å². The van der Waals surface area contributed by atoms with Gasteiger partial charge in [-0.2, -0.15) is 0 Å². The number of carbonyl (C=O) groups is 1. The van der Waals surface area contributed by atoms with Gasteiger partial charge < -0.3 is 9.64 Å². The second-order valence-electron chi connectivity index (χ2n) is 3.03. The summed E-state index contributed by atoms with van der Waals surface area (Å²) in [5, 5.41) is 0. The van der Waals surface area contributed by atoms with Gasteiger partial charge in [-0.15, -0.1) is 0 Å². The zero-order valence-electron chi connectivity index (χ0n) is 8.96. The standard InChI is InChI=1S/C10H19NO2.Ca.2H/c1-5-7-9(11(3)4)10(12)13-8-6-2;;;/h7H,5-6,8H2,1-4H3;;;. The van der Waals surface area contributed by atoms with Gasteiger partial charge in [0.2, 0.25) is 0 Å². The van der Waals surface area contributed by atoms with Gasteiger partial charge in [-0.25, -0.2) is 4.79 Å². The van der Waals surface area contributed by atoms with E-state index in [9.17, 15) is 4.79 Å². The van der Waals surface area contributed by atoms with Crippen molar-refractivity contribution >= 4 is 43.7 Å². The van der Waals surface area contributed by atoms with E-state index in [1.165, 1.54) is 0 Å². The minimum atomic E-state index is -0.228. The van der Waals surface area contributed by atoms with Crippen molar-refractivity contribution in [3.8, 4) is 0 Å². The molecule has 0 radical (unpaired) electrons. The van der Waals surface area contributed by atoms with Crippen LogP contribution in [0.5, 0.6) is 0 Å². The Hall–Kier alpha value is 0.270. The van der Waals surface area contributed by atoms with Crippen molar-refractivity contribution in [1.29, 1.82) is 0 Å². The van der Waals surface area contributed by atoms with E-state index in [1.807, 2.05) is 34.0 Å². The van der Waals surface area contributed by atoms with E-state index in [4.69, 9.17) is 4.74 Å². The van der Waals surface area contributed by atoms with Crippen molar-refractivity contribution in [1.82, 2.24) is 4.90 Å². The average Bonchev–Trinajstić information content (AvgIpc) is 2.09. The molecule has 0 N–H and O–H groups in total. The fraction of sp³-hybridized carbons (Fsp3) is 0.700. The van der Waals surface area contributed by atoms with Crippen LogP contribution >= 0.6 is 0 Å². The summed E-state index contributed by atoms with van der Waals surface area (Å²) < 4.78 is 5.02. The van der Waals surface area contributed by atoms with Crippen LogP contribution in [-0.4, -0.2) is 69.3 Å². The minimum absolute atomic E-state index is 0. The average molecular weight is 227 g/mol. The van der Waals surface area contributed by atoms with Gasteiger partial charge in [0.15, 0.2) is 0 Å². The van der Waals surface area contributed by atoms with Gasteiger partial charge in [0.25, 0.3) is 0 Å². The molecule has 0 unspecified atom stereocenters. The first kappa shape index (κ1) is 16.7. The molecule has 4 heteroatoms. The Labute approximate surface area is 116 Å². The van der Waals surface area contributed by atoms with Crippen LogP contribution in [0.3, 0.4) is 0 Å². The van der Waals surface area contributed by atoms with Crippen molar-refractivity contribution in [3.05, 3.63) is 11.8 Å². The van der Waals surface area contributed by atoms with E-state index in [2.05, 4.69) is 0 Å². The molecule has 0 amide bonds. The molecule has 3 nitrogen and oxygen atoms in total. The molecule has 0 bridgehead atoms. The van der Waals surface area contributed by atoms with Crippen LogP contribution in [0.1, 0.15) is 26.7 Å². The van der Waals surface area contributed by atoms with E-state index in [0.29, 0.717) is 12.3 Å². The molecular formula is C10H21CaNO2. The van der Waals surface area contributed by atoms with Crippen molar-refractivity contribution in [3.63, 3.8) is 0 Å². The van der Waals surface area contributed by atoms with Crippen LogP contribution in [0.15, 0.2) is 11.8 Å². The molecule has 80 valence electrons. The number of hydrogen-bond donors (Lipinski definition) is 0. The topological polar surface area (TPSA) is 29.5 Å². The van der Waals surface area contributed by atoms with Crippen LogP contribution in [-0.2, 0) is 9.53 Å². The molecule has 0 aromatic rings. The summed E-state index contributed by atoms with van der Waals surface area (Å²) in [6, 6.07) is 0. The first-order valence-corrected chi connectivity index (χ1v) is 4.68. The second-order valence-corrected chi connectivity index (χ2v) is 3.03. The summed E-state index contributed by atoms with van der Waals surface area (Å²) in [5.74, 6) is -0.228. The SMILES string of the molecule is CCC=C(C(=O)OCCC)N(C)C.[CaH2]. The van der Waals surface area contributed by atoms with Crippen molar-refractivity contribution < 1.29 is 9.53 Å². The molecule has 0 aromatic carbocycles. The Bertz CT molecular complexity index is 191. The molecule has 0 saturated carbocycles. The van der Waals surface area contributed by atoms with E-state index in [1.54, 1.807) is 4.90 Å². The maximum atomic E-state index is 11.4. The van der Waals surface area contributed by atoms with Crippen LogP contribution in [0.25, 0.3) is 0 Å². The predicted octanol–water partition coefficient (Wildman–Crippen LogP) is 0.879. The van der Waals surface area contributed by atoms with Gasteiger partial charge in [-0.3, -0.25) is 0 Å². The normalized spacial score (nSPS) is 10.4. The summed E-state index contributed by atoms with van der Waals surface area (Å²) in [6.45, 7) is 4.47. The fourth-order valence-corrected chi connectivity index (χ4v) is 0.911. The van der Waals surface area contributed by atoms with E-state index in [-0.39, 0.29) is 43.7 Å². The summed E-state index contributed by atoms with van der Waals surface area (Å²) >= 11 is 0. The van der Waals surface area contributed by atoms with Gasteiger partial charge in [0.05, 0.1) is 6.61 Å². The second kappa shape index (κ2) is 9.81. The monoisotopic (exact) mass is 227 g/mol. The van der Waals surface area contributed by atoms with Gasteiger partial charge >= 0.3 is 43.7 Å². The summed E-state index contributed by atoms with van der Waals surface area (Å²) in [7, 11) is 3.68. The van der Waals surface area contributed by atoms with Gasteiger partial charge in [0.1, 0.15) is 5.70 Å². The van der Waals surface area contributed by atoms with Crippen molar-refractivity contribution in [2.75, 3.05) is 20.7 Å². The van der Waals surface area contributed by atoms with Crippen LogP contribution < -0.4 is 0 Å². The molecule has 0 aliphatic carbocycles. The summed E-state index contributed by atoms with van der Waals surface area (Å²) in [6.07, 6.45) is 3.57. The van der Waals surface area contributed by atoms with Crippen LogP contribution in [0.4, 0.5) is 0 Å². The number of carbonyl (C=O) groups excluding carboxylic acids is 1. The predicted molar refractivity (Wildman–Crippen MR) is 61.9 cm³/mol. The molecule has 0 aliphatic heterocycles. The zero-order chi connectivity index (χ0) is 10.3. The molecule has 0 rings (SSSR count). The molecule has 0 spiro atoms. The third-order valence-electron chi connectivity index (χ3n) is 1.53. The number of esters is 1. The quantitative estimate of drug-likeness (QED) is 0.397. The molecule has 0 aromatic heterocycles. The first-order valence-electron chi connectivity index (χ1n) is 4.68. The Balaban J connectivity index is 0. The number of ether oxygens (including phenoxy) is 1. The van der Waals surface area contributed by atoms with E-state index >= 15 is 0 Å². The molecule has 0 heterocycles. The Morgan fingerprint density at radius 1 is 1.36 bits per heavy atom. The molecule has 14 heavy (non-hydrogen) atoms. The fourth-order valence-electron chi connectivity index (χ4n) is 0.911. The Morgan fingerprint density at radius 2 is 1.93 bits per heavy atom. The third kappa shape index (κ3) is 6.68. The zero-order valence-corrected chi connectivity index (χ0v) is 8.96. The van der Waals surface area contributed by atoms with Gasteiger partial charge in [0, 0.05) is 14.1 Å². The number of likely N-dealkylation sites (N-methyl/N-ethyl adjacent to an activating group) is 1. The van der Waals surface area contributed by atoms with Crippen LogP contribution in [0, 0.1) is 0 Å². The third-order valence-corrected chi connectivity index (χ3v) is 1.53. The van der Waals surface area contributed by atoms with E-state index in [0.717, 1.165) is 12.8 Å². The molecule has 0 aliphatic rings. The molecule has 0 atom stereocenters. The number of nitrogens with zero attached hydrogens (tertiary/aromatic N) is 1. The molecule has 0 saturated heterocycles. The van der Waals surface area contributed by atoms with E-state index < -0.39 is 0 Å².